The summed E-state index contributed by atoms with van der Waals surface area (Å²) in [4.78, 5) is 15.2. The van der Waals surface area contributed by atoms with E-state index in [-0.39, 0.29) is 17.2 Å². The zero-order valence-electron chi connectivity index (χ0n) is 18.2. The number of anilines is 2. The normalized spacial score (nSPS) is 17.8. The SMILES string of the molecule is Cc1ccccc1CC(=O)Nc1cc(S(=O)(=O)N2CCOCC2)ccc1N1CCOCC1. The van der Waals surface area contributed by atoms with Crippen LogP contribution in [0.15, 0.2) is 47.4 Å². The summed E-state index contributed by atoms with van der Waals surface area (Å²) >= 11 is 0. The molecule has 0 radical (unpaired) electrons. The Morgan fingerprint density at radius 1 is 0.969 bits per heavy atom. The number of nitrogens with one attached hydrogen (secondary N) is 1. The van der Waals surface area contributed by atoms with Crippen molar-refractivity contribution in [1.29, 1.82) is 0 Å². The first-order chi connectivity index (χ1) is 15.4. The third kappa shape index (κ3) is 5.12. The Labute approximate surface area is 189 Å². The van der Waals surface area contributed by atoms with Crippen molar-refractivity contribution in [2.75, 3.05) is 62.8 Å². The van der Waals surface area contributed by atoms with Crippen LogP contribution in [0, 0.1) is 6.92 Å². The van der Waals surface area contributed by atoms with Gasteiger partial charge in [0.2, 0.25) is 15.9 Å². The second-order valence-electron chi connectivity index (χ2n) is 7.95. The van der Waals surface area contributed by atoms with Crippen LogP contribution < -0.4 is 10.2 Å². The summed E-state index contributed by atoms with van der Waals surface area (Å²) in [6, 6.07) is 12.7. The highest BCUT2D eigenvalue weighted by atomic mass is 32.2. The predicted octanol–water partition coefficient (Wildman–Crippen LogP) is 2.03. The number of amides is 1. The molecule has 0 aromatic heterocycles. The summed E-state index contributed by atoms with van der Waals surface area (Å²) < 4.78 is 38.5. The quantitative estimate of drug-likeness (QED) is 0.711. The number of hydrogen-bond acceptors (Lipinski definition) is 6. The molecule has 2 aromatic carbocycles. The molecule has 0 unspecified atom stereocenters. The minimum Gasteiger partial charge on any atom is -0.379 e. The lowest BCUT2D eigenvalue weighted by atomic mass is 10.1. The van der Waals surface area contributed by atoms with Gasteiger partial charge in [0.1, 0.15) is 0 Å². The van der Waals surface area contributed by atoms with E-state index in [1.807, 2.05) is 31.2 Å². The van der Waals surface area contributed by atoms with Gasteiger partial charge in [-0.05, 0) is 36.2 Å². The molecular formula is C23H29N3O5S. The zero-order chi connectivity index (χ0) is 22.6. The van der Waals surface area contributed by atoms with Crippen molar-refractivity contribution in [3.8, 4) is 0 Å². The van der Waals surface area contributed by atoms with Crippen LogP contribution in [0.1, 0.15) is 11.1 Å². The number of benzene rings is 2. The van der Waals surface area contributed by atoms with Crippen LogP contribution in [0.2, 0.25) is 0 Å². The number of carbonyl (C=O) groups is 1. The molecule has 8 nitrogen and oxygen atoms in total. The highest BCUT2D eigenvalue weighted by Crippen LogP contribution is 2.31. The topological polar surface area (TPSA) is 88.2 Å². The maximum absolute atomic E-state index is 13.2. The maximum atomic E-state index is 13.2. The van der Waals surface area contributed by atoms with Gasteiger partial charge in [-0.25, -0.2) is 8.42 Å². The number of morpholine rings is 2. The predicted molar refractivity (Wildman–Crippen MR) is 123 cm³/mol. The Morgan fingerprint density at radius 3 is 2.31 bits per heavy atom. The van der Waals surface area contributed by atoms with Crippen molar-refractivity contribution in [2.45, 2.75) is 18.2 Å². The molecule has 0 bridgehead atoms. The van der Waals surface area contributed by atoms with Crippen molar-refractivity contribution in [2.24, 2.45) is 0 Å². The summed E-state index contributed by atoms with van der Waals surface area (Å²) in [5.41, 5.74) is 3.28. The number of aryl methyl sites for hydroxylation is 1. The van der Waals surface area contributed by atoms with Crippen LogP contribution in [0.25, 0.3) is 0 Å². The molecule has 1 amide bonds. The van der Waals surface area contributed by atoms with Crippen LogP contribution in [0.3, 0.4) is 0 Å². The van der Waals surface area contributed by atoms with E-state index in [1.165, 1.54) is 4.31 Å². The van der Waals surface area contributed by atoms with Gasteiger partial charge in [0.05, 0.1) is 49.1 Å². The summed E-state index contributed by atoms with van der Waals surface area (Å²) in [5.74, 6) is -0.185. The van der Waals surface area contributed by atoms with Crippen molar-refractivity contribution < 1.29 is 22.7 Å². The summed E-state index contributed by atoms with van der Waals surface area (Å²) in [6.45, 7) is 5.90. The monoisotopic (exact) mass is 459 g/mol. The van der Waals surface area contributed by atoms with Gasteiger partial charge in [-0.2, -0.15) is 4.31 Å². The highest BCUT2D eigenvalue weighted by Gasteiger charge is 2.28. The van der Waals surface area contributed by atoms with E-state index in [4.69, 9.17) is 9.47 Å². The molecule has 2 aliphatic heterocycles. The Kier molecular flexibility index (Phi) is 7.10. The van der Waals surface area contributed by atoms with Crippen LogP contribution in [-0.4, -0.2) is 71.2 Å². The average molecular weight is 460 g/mol. The third-order valence-electron chi connectivity index (χ3n) is 5.81. The van der Waals surface area contributed by atoms with Crippen LogP contribution in [0.4, 0.5) is 11.4 Å². The third-order valence-corrected chi connectivity index (χ3v) is 7.71. The lowest BCUT2D eigenvalue weighted by Crippen LogP contribution is -2.40. The van der Waals surface area contributed by atoms with Crippen LogP contribution in [-0.2, 0) is 30.7 Å². The van der Waals surface area contributed by atoms with Crippen LogP contribution >= 0.6 is 0 Å². The van der Waals surface area contributed by atoms with Crippen molar-refractivity contribution in [1.82, 2.24) is 4.31 Å². The second-order valence-corrected chi connectivity index (χ2v) is 9.88. The van der Waals surface area contributed by atoms with E-state index < -0.39 is 10.0 Å². The molecule has 2 aromatic rings. The van der Waals surface area contributed by atoms with E-state index in [1.54, 1.807) is 18.2 Å². The van der Waals surface area contributed by atoms with Gasteiger partial charge in [-0.3, -0.25) is 4.79 Å². The molecule has 4 rings (SSSR count). The molecule has 9 heteroatoms. The number of hydrogen-bond donors (Lipinski definition) is 1. The van der Waals surface area contributed by atoms with E-state index in [2.05, 4.69) is 10.2 Å². The molecule has 2 aliphatic rings. The maximum Gasteiger partial charge on any atom is 0.243 e. The fraction of sp³-hybridized carbons (Fsp3) is 0.435. The smallest absolute Gasteiger partial charge is 0.243 e. The largest absolute Gasteiger partial charge is 0.379 e. The van der Waals surface area contributed by atoms with Gasteiger partial charge in [-0.1, -0.05) is 24.3 Å². The molecule has 0 aliphatic carbocycles. The first-order valence-corrected chi connectivity index (χ1v) is 12.3. The number of nitrogens with zero attached hydrogens (tertiary/aromatic N) is 2. The first kappa shape index (κ1) is 22.7. The van der Waals surface area contributed by atoms with Crippen LogP contribution in [0.5, 0.6) is 0 Å². The van der Waals surface area contributed by atoms with Gasteiger partial charge in [0.25, 0.3) is 0 Å². The van der Waals surface area contributed by atoms with E-state index in [9.17, 15) is 13.2 Å². The lowest BCUT2D eigenvalue weighted by molar-refractivity contribution is -0.115. The average Bonchev–Trinajstić information content (AvgIpc) is 2.81. The standard InChI is InChI=1S/C23H29N3O5S/c1-18-4-2-3-5-19(18)16-23(27)24-21-17-20(32(28,29)26-10-14-31-15-11-26)6-7-22(21)25-8-12-30-13-9-25/h2-7,17H,8-16H2,1H3,(H,24,27). The number of carbonyl (C=O) groups excluding carboxylic acids is 1. The minimum atomic E-state index is -3.67. The fourth-order valence-corrected chi connectivity index (χ4v) is 5.40. The van der Waals surface area contributed by atoms with Gasteiger partial charge in [-0.15, -0.1) is 0 Å². The Balaban J connectivity index is 1.63. The molecule has 32 heavy (non-hydrogen) atoms. The molecule has 0 saturated carbocycles. The lowest BCUT2D eigenvalue weighted by Gasteiger charge is -2.31. The molecule has 172 valence electrons. The van der Waals surface area contributed by atoms with E-state index >= 15 is 0 Å². The molecule has 0 spiro atoms. The Hall–Kier alpha value is -2.46. The molecule has 0 atom stereocenters. The molecular weight excluding hydrogens is 430 g/mol. The Bertz CT molecular complexity index is 1060. The van der Waals surface area contributed by atoms with Gasteiger partial charge >= 0.3 is 0 Å². The van der Waals surface area contributed by atoms with Gasteiger partial charge < -0.3 is 19.7 Å². The van der Waals surface area contributed by atoms with E-state index in [0.717, 1.165) is 16.8 Å². The van der Waals surface area contributed by atoms with Crippen molar-refractivity contribution in [3.05, 3.63) is 53.6 Å². The zero-order valence-corrected chi connectivity index (χ0v) is 19.1. The molecule has 2 saturated heterocycles. The first-order valence-electron chi connectivity index (χ1n) is 10.8. The summed E-state index contributed by atoms with van der Waals surface area (Å²) in [6.07, 6.45) is 0.218. The fourth-order valence-electron chi connectivity index (χ4n) is 3.97. The number of sulfonamides is 1. The minimum absolute atomic E-state index is 0.169. The molecule has 2 fully saturated rings. The van der Waals surface area contributed by atoms with Crippen molar-refractivity contribution in [3.63, 3.8) is 0 Å². The Morgan fingerprint density at radius 2 is 1.62 bits per heavy atom. The number of rotatable bonds is 6. The molecule has 1 N–H and O–H groups in total. The summed E-state index contributed by atoms with van der Waals surface area (Å²) in [7, 11) is -3.67. The van der Waals surface area contributed by atoms with Crippen molar-refractivity contribution >= 4 is 27.3 Å². The van der Waals surface area contributed by atoms with E-state index in [0.29, 0.717) is 58.3 Å². The summed E-state index contributed by atoms with van der Waals surface area (Å²) in [5, 5.41) is 2.97. The van der Waals surface area contributed by atoms with Gasteiger partial charge in [0.15, 0.2) is 0 Å². The second kappa shape index (κ2) is 9.99. The number of ether oxygens (including phenoxy) is 2. The van der Waals surface area contributed by atoms with Gasteiger partial charge in [0, 0.05) is 26.2 Å². The highest BCUT2D eigenvalue weighted by molar-refractivity contribution is 7.89. The molecule has 2 heterocycles.